The molecule has 0 saturated carbocycles. The van der Waals surface area contributed by atoms with Crippen molar-refractivity contribution < 1.29 is 14.4 Å². The lowest BCUT2D eigenvalue weighted by atomic mass is 9.97. The summed E-state index contributed by atoms with van der Waals surface area (Å²) in [7, 11) is 1.70. The first-order chi connectivity index (χ1) is 16.9. The molecule has 2 aromatic heterocycles. The number of amides is 2. The number of rotatable bonds is 6. The summed E-state index contributed by atoms with van der Waals surface area (Å²) in [6.45, 7) is 1.81. The number of nitrogens with zero attached hydrogens (tertiary/aromatic N) is 4. The number of aryl methyl sites for hydroxylation is 2. The zero-order valence-corrected chi connectivity index (χ0v) is 18.9. The van der Waals surface area contributed by atoms with Crippen LogP contribution in [0.2, 0.25) is 0 Å². The summed E-state index contributed by atoms with van der Waals surface area (Å²) in [5.41, 5.74) is 3.77. The van der Waals surface area contributed by atoms with Gasteiger partial charge in [0.2, 0.25) is 5.91 Å². The Labute approximate surface area is 200 Å². The Kier molecular flexibility index (Phi) is 5.54. The third-order valence-corrected chi connectivity index (χ3v) is 5.66. The van der Waals surface area contributed by atoms with Gasteiger partial charge in [-0.15, -0.1) is 0 Å². The van der Waals surface area contributed by atoms with Gasteiger partial charge in [0.1, 0.15) is 17.4 Å². The standard InChI is InChI=1S/C25H21N7O3/c1-14-10-21(32(2)31-14)25(35)28-17-5-3-4-15(11-17)23(33)16-6-7-18-19(24(34)29-20(18)12-16)13-26-22-8-9-27-30-22/h3-13,19H,1-2H3,(H,27,30)(H,28,35)(H,29,34). The van der Waals surface area contributed by atoms with Crippen molar-refractivity contribution in [3.63, 3.8) is 0 Å². The van der Waals surface area contributed by atoms with E-state index in [2.05, 4.69) is 30.9 Å². The highest BCUT2D eigenvalue weighted by molar-refractivity contribution is 6.15. The Morgan fingerprint density at radius 2 is 1.94 bits per heavy atom. The number of anilines is 2. The maximum atomic E-state index is 13.2. The third-order valence-electron chi connectivity index (χ3n) is 5.66. The average molecular weight is 467 g/mol. The molecule has 0 saturated heterocycles. The van der Waals surface area contributed by atoms with Crippen molar-refractivity contribution in [1.82, 2.24) is 20.0 Å². The maximum absolute atomic E-state index is 13.2. The Morgan fingerprint density at radius 3 is 2.69 bits per heavy atom. The van der Waals surface area contributed by atoms with Crippen LogP contribution < -0.4 is 10.6 Å². The first kappa shape index (κ1) is 22.0. The number of aliphatic imine (C=N–C) groups is 1. The molecule has 174 valence electrons. The lowest BCUT2D eigenvalue weighted by molar-refractivity contribution is -0.115. The van der Waals surface area contributed by atoms with Crippen molar-refractivity contribution in [3.8, 4) is 0 Å². The zero-order valence-electron chi connectivity index (χ0n) is 18.9. The molecule has 0 aliphatic carbocycles. The van der Waals surface area contributed by atoms with Crippen LogP contribution in [0.15, 0.2) is 65.8 Å². The van der Waals surface area contributed by atoms with Crippen molar-refractivity contribution in [1.29, 1.82) is 0 Å². The van der Waals surface area contributed by atoms with E-state index in [9.17, 15) is 14.4 Å². The highest BCUT2D eigenvalue weighted by Crippen LogP contribution is 2.33. The first-order valence-electron chi connectivity index (χ1n) is 10.8. The number of ketones is 1. The molecule has 0 spiro atoms. The van der Waals surface area contributed by atoms with Crippen LogP contribution in [0.1, 0.15) is 43.6 Å². The Balaban J connectivity index is 1.35. The molecule has 1 aliphatic heterocycles. The van der Waals surface area contributed by atoms with Gasteiger partial charge in [0, 0.05) is 41.8 Å². The number of aromatic nitrogens is 4. The summed E-state index contributed by atoms with van der Waals surface area (Å²) in [6, 6.07) is 15.2. The molecular formula is C25H21N7O3. The molecule has 10 heteroatoms. The van der Waals surface area contributed by atoms with Gasteiger partial charge in [0.05, 0.1) is 11.9 Å². The van der Waals surface area contributed by atoms with E-state index in [1.165, 1.54) is 4.68 Å². The van der Waals surface area contributed by atoms with Gasteiger partial charge in [-0.05, 0) is 36.8 Å². The van der Waals surface area contributed by atoms with E-state index < -0.39 is 5.92 Å². The highest BCUT2D eigenvalue weighted by Gasteiger charge is 2.30. The zero-order chi connectivity index (χ0) is 24.5. The van der Waals surface area contributed by atoms with Crippen molar-refractivity contribution in [2.75, 3.05) is 10.6 Å². The molecule has 1 unspecified atom stereocenters. The number of fused-ring (bicyclic) bond motifs is 1. The second-order valence-corrected chi connectivity index (χ2v) is 8.15. The second-order valence-electron chi connectivity index (χ2n) is 8.15. The number of hydrogen-bond acceptors (Lipinski definition) is 6. The predicted molar refractivity (Wildman–Crippen MR) is 130 cm³/mol. The molecule has 2 amide bonds. The lowest BCUT2D eigenvalue weighted by Crippen LogP contribution is -2.16. The fraction of sp³-hybridized carbons (Fsp3) is 0.120. The van der Waals surface area contributed by atoms with Crippen LogP contribution in [-0.2, 0) is 11.8 Å². The fourth-order valence-corrected chi connectivity index (χ4v) is 3.98. The predicted octanol–water partition coefficient (Wildman–Crippen LogP) is 3.37. The van der Waals surface area contributed by atoms with Crippen LogP contribution in [0.25, 0.3) is 0 Å². The molecule has 10 nitrogen and oxygen atoms in total. The molecule has 1 aliphatic rings. The van der Waals surface area contributed by atoms with Gasteiger partial charge < -0.3 is 10.6 Å². The minimum absolute atomic E-state index is 0.219. The van der Waals surface area contributed by atoms with E-state index >= 15 is 0 Å². The molecule has 4 aromatic rings. The topological polar surface area (TPSA) is 134 Å². The summed E-state index contributed by atoms with van der Waals surface area (Å²) in [6.07, 6.45) is 3.12. The number of nitrogens with one attached hydrogen (secondary N) is 3. The van der Waals surface area contributed by atoms with Crippen LogP contribution >= 0.6 is 0 Å². The summed E-state index contributed by atoms with van der Waals surface area (Å²) in [5, 5.41) is 16.3. The summed E-state index contributed by atoms with van der Waals surface area (Å²) < 4.78 is 1.51. The molecule has 3 heterocycles. The summed E-state index contributed by atoms with van der Waals surface area (Å²) in [5.74, 6) is -0.789. The van der Waals surface area contributed by atoms with Gasteiger partial charge in [-0.3, -0.25) is 24.2 Å². The normalized spacial score (nSPS) is 14.7. The summed E-state index contributed by atoms with van der Waals surface area (Å²) in [4.78, 5) is 42.5. The number of hydrogen-bond donors (Lipinski definition) is 3. The molecule has 35 heavy (non-hydrogen) atoms. The number of carbonyl (C=O) groups is 3. The first-order valence-corrected chi connectivity index (χ1v) is 10.8. The minimum atomic E-state index is -0.563. The van der Waals surface area contributed by atoms with Crippen LogP contribution in [-0.4, -0.2) is 43.8 Å². The molecular weight excluding hydrogens is 446 g/mol. The van der Waals surface area contributed by atoms with Crippen molar-refractivity contribution in [3.05, 3.63) is 88.9 Å². The second kappa shape index (κ2) is 8.82. The number of aromatic amines is 1. The monoisotopic (exact) mass is 467 g/mol. The number of H-pyrrole nitrogens is 1. The van der Waals surface area contributed by atoms with Crippen LogP contribution in [0.3, 0.4) is 0 Å². The van der Waals surface area contributed by atoms with Gasteiger partial charge >= 0.3 is 0 Å². The third kappa shape index (κ3) is 4.36. The molecule has 5 rings (SSSR count). The molecule has 3 N–H and O–H groups in total. The van der Waals surface area contributed by atoms with E-state index in [1.807, 2.05) is 6.92 Å². The molecule has 0 fully saturated rings. The molecule has 1 atom stereocenters. The number of carbonyl (C=O) groups excluding carboxylic acids is 3. The minimum Gasteiger partial charge on any atom is -0.325 e. The Morgan fingerprint density at radius 1 is 1.11 bits per heavy atom. The number of benzene rings is 2. The maximum Gasteiger partial charge on any atom is 0.273 e. The van der Waals surface area contributed by atoms with E-state index in [0.29, 0.717) is 34.0 Å². The van der Waals surface area contributed by atoms with E-state index in [-0.39, 0.29) is 17.6 Å². The van der Waals surface area contributed by atoms with Crippen molar-refractivity contribution >= 4 is 41.0 Å². The van der Waals surface area contributed by atoms with Crippen LogP contribution in [0, 0.1) is 6.92 Å². The van der Waals surface area contributed by atoms with Gasteiger partial charge in [-0.25, -0.2) is 4.99 Å². The quantitative estimate of drug-likeness (QED) is 0.295. The van der Waals surface area contributed by atoms with Gasteiger partial charge in [-0.2, -0.15) is 10.2 Å². The van der Waals surface area contributed by atoms with Gasteiger partial charge in [-0.1, -0.05) is 24.3 Å². The lowest BCUT2D eigenvalue weighted by Gasteiger charge is -2.08. The highest BCUT2D eigenvalue weighted by atomic mass is 16.2. The van der Waals surface area contributed by atoms with E-state index in [0.717, 1.165) is 11.3 Å². The Bertz CT molecular complexity index is 1480. The van der Waals surface area contributed by atoms with Gasteiger partial charge in [0.15, 0.2) is 5.78 Å². The van der Waals surface area contributed by atoms with Gasteiger partial charge in [0.25, 0.3) is 5.91 Å². The SMILES string of the molecule is Cc1cc(C(=O)Nc2cccc(C(=O)c3ccc4c(c3)NC(=O)C4C=Nc3ccn[nH]3)c2)n(C)n1. The average Bonchev–Trinajstić information content (AvgIpc) is 3.55. The molecule has 0 radical (unpaired) electrons. The smallest absolute Gasteiger partial charge is 0.273 e. The Hall–Kier alpha value is -4.86. The van der Waals surface area contributed by atoms with Crippen molar-refractivity contribution in [2.45, 2.75) is 12.8 Å². The van der Waals surface area contributed by atoms with E-state index in [4.69, 9.17) is 0 Å². The molecule has 0 bridgehead atoms. The van der Waals surface area contributed by atoms with E-state index in [1.54, 1.807) is 74.1 Å². The summed E-state index contributed by atoms with van der Waals surface area (Å²) >= 11 is 0. The van der Waals surface area contributed by atoms with Crippen LogP contribution in [0.4, 0.5) is 17.2 Å². The molecule has 2 aromatic carbocycles. The van der Waals surface area contributed by atoms with Crippen molar-refractivity contribution in [2.24, 2.45) is 12.0 Å². The van der Waals surface area contributed by atoms with Crippen LogP contribution in [0.5, 0.6) is 0 Å². The largest absolute Gasteiger partial charge is 0.325 e. The fourth-order valence-electron chi connectivity index (χ4n) is 3.98.